The first-order chi connectivity index (χ1) is 17.8. The molecule has 0 aromatic heterocycles. The predicted molar refractivity (Wildman–Crippen MR) is 142 cm³/mol. The number of carbonyl (C=O) groups is 2. The Morgan fingerprint density at radius 1 is 1.00 bits per heavy atom. The van der Waals surface area contributed by atoms with Gasteiger partial charge >= 0.3 is 5.97 Å². The lowest BCUT2D eigenvalue weighted by Crippen LogP contribution is -2.33. The first kappa shape index (κ1) is 27.8. The third-order valence-electron chi connectivity index (χ3n) is 4.91. The van der Waals surface area contributed by atoms with Crippen molar-refractivity contribution in [2.75, 3.05) is 13.7 Å². The maximum atomic E-state index is 12.6. The normalized spacial score (nSPS) is 11.6. The number of nitrogens with one attached hydrogen (secondary N) is 1. The lowest BCUT2D eigenvalue weighted by Gasteiger charge is -2.14. The number of esters is 1. The molecule has 0 spiro atoms. The van der Waals surface area contributed by atoms with Gasteiger partial charge in [0.2, 0.25) is 0 Å². The summed E-state index contributed by atoms with van der Waals surface area (Å²) in [5, 5.41) is 4.70. The highest BCUT2D eigenvalue weighted by atomic mass is 35.5. The summed E-state index contributed by atoms with van der Waals surface area (Å²) in [6, 6.07) is 16.3. The van der Waals surface area contributed by atoms with Crippen LogP contribution in [0.5, 0.6) is 23.0 Å². The van der Waals surface area contributed by atoms with Gasteiger partial charge in [0.05, 0.1) is 30.5 Å². The first-order valence-corrected chi connectivity index (χ1v) is 12.1. The second kappa shape index (κ2) is 13.5. The Morgan fingerprint density at radius 3 is 2.41 bits per heavy atom. The zero-order valence-corrected chi connectivity index (χ0v) is 22.0. The van der Waals surface area contributed by atoms with E-state index < -0.39 is 18.0 Å². The van der Waals surface area contributed by atoms with E-state index in [0.29, 0.717) is 45.0 Å². The quantitative estimate of drug-likeness (QED) is 0.139. The Bertz CT molecular complexity index is 1260. The number of halogens is 2. The molecule has 0 saturated carbocycles. The van der Waals surface area contributed by atoms with Crippen molar-refractivity contribution in [2.45, 2.75) is 26.4 Å². The monoisotopic (exact) mass is 544 g/mol. The van der Waals surface area contributed by atoms with Crippen LogP contribution in [0.15, 0.2) is 65.8 Å². The average molecular weight is 545 g/mol. The molecule has 1 atom stereocenters. The fourth-order valence-corrected chi connectivity index (χ4v) is 3.44. The maximum absolute atomic E-state index is 12.6. The summed E-state index contributed by atoms with van der Waals surface area (Å²) in [5.41, 5.74) is 3.38. The molecule has 10 heteroatoms. The van der Waals surface area contributed by atoms with Crippen LogP contribution in [-0.4, -0.2) is 37.9 Å². The van der Waals surface area contributed by atoms with E-state index in [4.69, 9.17) is 42.1 Å². The van der Waals surface area contributed by atoms with Gasteiger partial charge in [0.15, 0.2) is 17.6 Å². The van der Waals surface area contributed by atoms with Crippen LogP contribution in [0.2, 0.25) is 10.0 Å². The van der Waals surface area contributed by atoms with Gasteiger partial charge in [-0.05, 0) is 79.6 Å². The second-order valence-electron chi connectivity index (χ2n) is 7.74. The standard InChI is InChI=1S/C27H26Cl2N2O6/c1-4-13-35-21-9-6-19(7-10-21)27(33)37-24-11-5-18(14-25(24)34-3)16-30-31-26(32)17(2)36-23-12-8-20(28)15-22(23)29/h5-12,14-17H,4,13H2,1-3H3,(H,31,32)/b30-16-/t17-/m0/s1. The zero-order valence-electron chi connectivity index (χ0n) is 20.5. The molecule has 0 saturated heterocycles. The summed E-state index contributed by atoms with van der Waals surface area (Å²) in [5.74, 6) is 0.548. The predicted octanol–water partition coefficient (Wildman–Crippen LogP) is 5.93. The molecule has 0 aliphatic heterocycles. The van der Waals surface area contributed by atoms with Gasteiger partial charge in [-0.25, -0.2) is 10.2 Å². The molecule has 0 aliphatic carbocycles. The fraction of sp³-hybridized carbons (Fsp3) is 0.222. The van der Waals surface area contributed by atoms with Gasteiger partial charge in [-0.15, -0.1) is 0 Å². The van der Waals surface area contributed by atoms with E-state index in [9.17, 15) is 9.59 Å². The third-order valence-corrected chi connectivity index (χ3v) is 5.44. The minimum Gasteiger partial charge on any atom is -0.494 e. The van der Waals surface area contributed by atoms with E-state index in [1.807, 2.05) is 6.92 Å². The number of hydrazone groups is 1. The molecular weight excluding hydrogens is 519 g/mol. The van der Waals surface area contributed by atoms with Crippen LogP contribution in [0.4, 0.5) is 0 Å². The number of benzene rings is 3. The highest BCUT2D eigenvalue weighted by Gasteiger charge is 2.16. The number of rotatable bonds is 11. The molecule has 0 aliphatic rings. The van der Waals surface area contributed by atoms with E-state index >= 15 is 0 Å². The molecule has 0 radical (unpaired) electrons. The van der Waals surface area contributed by atoms with E-state index in [1.165, 1.54) is 19.4 Å². The summed E-state index contributed by atoms with van der Waals surface area (Å²) in [7, 11) is 1.45. The molecule has 0 fully saturated rings. The summed E-state index contributed by atoms with van der Waals surface area (Å²) in [4.78, 5) is 24.9. The number of methoxy groups -OCH3 is 1. The van der Waals surface area contributed by atoms with E-state index in [-0.39, 0.29) is 5.75 Å². The zero-order chi connectivity index (χ0) is 26.8. The van der Waals surface area contributed by atoms with E-state index in [1.54, 1.807) is 61.5 Å². The van der Waals surface area contributed by atoms with Crippen LogP contribution in [0.1, 0.15) is 36.2 Å². The number of carbonyl (C=O) groups excluding carboxylic acids is 2. The molecule has 3 aromatic carbocycles. The molecule has 1 amide bonds. The molecule has 8 nitrogen and oxygen atoms in total. The van der Waals surface area contributed by atoms with Gasteiger partial charge in [-0.2, -0.15) is 5.10 Å². The Morgan fingerprint density at radius 2 is 1.73 bits per heavy atom. The van der Waals surface area contributed by atoms with Crippen molar-refractivity contribution in [1.82, 2.24) is 5.43 Å². The van der Waals surface area contributed by atoms with Gasteiger partial charge < -0.3 is 18.9 Å². The molecule has 0 unspecified atom stereocenters. The average Bonchev–Trinajstić information content (AvgIpc) is 2.89. The number of nitrogens with zero attached hydrogens (tertiary/aromatic N) is 1. The van der Waals surface area contributed by atoms with Crippen molar-refractivity contribution >= 4 is 41.3 Å². The number of hydrogen-bond donors (Lipinski definition) is 1. The lowest BCUT2D eigenvalue weighted by molar-refractivity contribution is -0.127. The highest BCUT2D eigenvalue weighted by molar-refractivity contribution is 6.35. The first-order valence-electron chi connectivity index (χ1n) is 11.4. The van der Waals surface area contributed by atoms with Crippen molar-refractivity contribution in [3.63, 3.8) is 0 Å². The minimum absolute atomic E-state index is 0.238. The van der Waals surface area contributed by atoms with Crippen LogP contribution in [0, 0.1) is 0 Å². The molecule has 1 N–H and O–H groups in total. The summed E-state index contributed by atoms with van der Waals surface area (Å²) >= 11 is 11.9. The number of amides is 1. The lowest BCUT2D eigenvalue weighted by atomic mass is 10.2. The largest absolute Gasteiger partial charge is 0.494 e. The second-order valence-corrected chi connectivity index (χ2v) is 8.59. The SMILES string of the molecule is CCCOc1ccc(C(=O)Oc2ccc(/C=N\NC(=O)[C@H](C)Oc3ccc(Cl)cc3Cl)cc2OC)cc1. The number of hydrogen-bond acceptors (Lipinski definition) is 7. The molecule has 194 valence electrons. The topological polar surface area (TPSA) is 95.5 Å². The molecule has 3 rings (SSSR count). The molecule has 0 heterocycles. The van der Waals surface area contributed by atoms with Crippen molar-refractivity contribution < 1.29 is 28.5 Å². The minimum atomic E-state index is -0.862. The van der Waals surface area contributed by atoms with Gasteiger partial charge in [0.1, 0.15) is 11.5 Å². The summed E-state index contributed by atoms with van der Waals surface area (Å²) in [6.07, 6.45) is 1.45. The molecule has 3 aromatic rings. The van der Waals surface area contributed by atoms with Crippen LogP contribution in [-0.2, 0) is 4.79 Å². The van der Waals surface area contributed by atoms with E-state index in [2.05, 4.69) is 10.5 Å². The molecule has 37 heavy (non-hydrogen) atoms. The maximum Gasteiger partial charge on any atom is 0.343 e. The Kier molecular flexibility index (Phi) is 10.2. The summed E-state index contributed by atoms with van der Waals surface area (Å²) in [6.45, 7) is 4.18. The van der Waals surface area contributed by atoms with Crippen molar-refractivity contribution in [1.29, 1.82) is 0 Å². The summed E-state index contributed by atoms with van der Waals surface area (Å²) < 4.78 is 21.9. The smallest absolute Gasteiger partial charge is 0.343 e. The van der Waals surface area contributed by atoms with Gasteiger partial charge in [0, 0.05) is 5.02 Å². The van der Waals surface area contributed by atoms with Crippen molar-refractivity contribution in [3.05, 3.63) is 81.8 Å². The molecule has 0 bridgehead atoms. The Hall–Kier alpha value is -3.75. The fourth-order valence-electron chi connectivity index (χ4n) is 2.99. The Balaban J connectivity index is 1.58. The number of ether oxygens (including phenoxy) is 4. The van der Waals surface area contributed by atoms with Crippen LogP contribution in [0.25, 0.3) is 0 Å². The van der Waals surface area contributed by atoms with Crippen LogP contribution >= 0.6 is 23.2 Å². The van der Waals surface area contributed by atoms with Crippen molar-refractivity contribution in [2.24, 2.45) is 5.10 Å². The van der Waals surface area contributed by atoms with Crippen LogP contribution in [0.3, 0.4) is 0 Å². The third kappa shape index (κ3) is 8.13. The van der Waals surface area contributed by atoms with E-state index in [0.717, 1.165) is 6.42 Å². The van der Waals surface area contributed by atoms with Crippen LogP contribution < -0.4 is 24.4 Å². The molecular formula is C27H26Cl2N2O6. The highest BCUT2D eigenvalue weighted by Crippen LogP contribution is 2.29. The van der Waals surface area contributed by atoms with Gasteiger partial charge in [-0.3, -0.25) is 4.79 Å². The van der Waals surface area contributed by atoms with Gasteiger partial charge in [-0.1, -0.05) is 30.1 Å². The van der Waals surface area contributed by atoms with Gasteiger partial charge in [0.25, 0.3) is 5.91 Å². The van der Waals surface area contributed by atoms with Crippen molar-refractivity contribution in [3.8, 4) is 23.0 Å². The Labute approximate surface area is 225 Å².